The van der Waals surface area contributed by atoms with Crippen molar-refractivity contribution in [3.63, 3.8) is 0 Å². The van der Waals surface area contributed by atoms with E-state index in [-0.39, 0.29) is 24.4 Å². The number of nitrogens with one attached hydrogen (secondary N) is 2. The maximum Gasteiger partial charge on any atom is 0.421 e. The predicted molar refractivity (Wildman–Crippen MR) is 167 cm³/mol. The second-order valence-corrected chi connectivity index (χ2v) is 12.2. The van der Waals surface area contributed by atoms with Gasteiger partial charge in [0, 0.05) is 44.7 Å². The topological polar surface area (TPSA) is 103 Å². The van der Waals surface area contributed by atoms with Crippen molar-refractivity contribution in [1.29, 1.82) is 0 Å². The number of alkyl halides is 3. The van der Waals surface area contributed by atoms with Gasteiger partial charge in [0.25, 0.3) is 5.91 Å². The smallest absolute Gasteiger partial charge is 0.421 e. The summed E-state index contributed by atoms with van der Waals surface area (Å²) in [4.78, 5) is 25.3. The number of piperidine rings is 1. The number of ether oxygens (including phenoxy) is 1. The zero-order chi connectivity index (χ0) is 32.2. The van der Waals surface area contributed by atoms with Gasteiger partial charge in [-0.25, -0.2) is 9.19 Å². The van der Waals surface area contributed by atoms with Crippen molar-refractivity contribution in [1.82, 2.24) is 19.8 Å². The van der Waals surface area contributed by atoms with E-state index < -0.39 is 28.5 Å². The molecule has 1 aromatic heterocycles. The van der Waals surface area contributed by atoms with Crippen LogP contribution in [-0.4, -0.2) is 83.5 Å². The molecule has 1 atom stereocenters. The predicted octanol–water partition coefficient (Wildman–Crippen LogP) is 5.06. The van der Waals surface area contributed by atoms with Crippen molar-refractivity contribution >= 4 is 40.0 Å². The number of methoxy groups -OCH3 is 1. The molecular weight excluding hydrogens is 595 g/mol. The Morgan fingerprint density at radius 3 is 2.50 bits per heavy atom. The second kappa shape index (κ2) is 13.8. The van der Waals surface area contributed by atoms with Crippen molar-refractivity contribution in [2.75, 3.05) is 62.5 Å². The summed E-state index contributed by atoms with van der Waals surface area (Å²) in [7, 11) is 5.61. The summed E-state index contributed by atoms with van der Waals surface area (Å²) >= 11 is 0. The maximum absolute atomic E-state index is 13.9. The van der Waals surface area contributed by atoms with Gasteiger partial charge in [0.05, 0.1) is 18.5 Å². The van der Waals surface area contributed by atoms with Gasteiger partial charge in [0.2, 0.25) is 5.95 Å². The Bertz CT molecular complexity index is 1510. The molecule has 10 nitrogen and oxygen atoms in total. The van der Waals surface area contributed by atoms with Crippen LogP contribution in [0, 0.1) is 6.92 Å². The molecule has 2 N–H and O–H groups in total. The van der Waals surface area contributed by atoms with Gasteiger partial charge < -0.3 is 25.2 Å². The van der Waals surface area contributed by atoms with Crippen LogP contribution >= 0.6 is 0 Å². The second-order valence-electron chi connectivity index (χ2n) is 10.9. The molecule has 44 heavy (non-hydrogen) atoms. The number of nitrogens with zero attached hydrogens (tertiary/aromatic N) is 5. The molecule has 0 spiro atoms. The SMILES string of the molecule is COc1cc(C(=O)N(C)C2CCN(C)CC2)ccc1Nc1ncc(C(F)(F)F)c(NCc2ccc(C)cc2N(C)S(C)=O)n1. The molecular formula is C30H38F3N7O3S. The van der Waals surface area contributed by atoms with Gasteiger partial charge in [-0.2, -0.15) is 18.2 Å². The number of halogens is 3. The fourth-order valence-electron chi connectivity index (χ4n) is 5.02. The number of amides is 1. The molecule has 1 fully saturated rings. The normalized spacial score (nSPS) is 15.0. The summed E-state index contributed by atoms with van der Waals surface area (Å²) in [6, 6.07) is 10.4. The Morgan fingerprint density at radius 2 is 1.86 bits per heavy atom. The van der Waals surface area contributed by atoms with Gasteiger partial charge in [-0.15, -0.1) is 0 Å². The molecule has 2 aromatic carbocycles. The van der Waals surface area contributed by atoms with Gasteiger partial charge in [0.1, 0.15) is 28.1 Å². The van der Waals surface area contributed by atoms with Crippen LogP contribution in [0.1, 0.15) is 39.9 Å². The molecule has 238 valence electrons. The Morgan fingerprint density at radius 1 is 1.16 bits per heavy atom. The van der Waals surface area contributed by atoms with E-state index in [0.717, 1.165) is 31.5 Å². The van der Waals surface area contributed by atoms with Gasteiger partial charge in [-0.3, -0.25) is 9.10 Å². The van der Waals surface area contributed by atoms with E-state index in [2.05, 4.69) is 32.5 Å². The Labute approximate surface area is 258 Å². The van der Waals surface area contributed by atoms with Crippen LogP contribution in [0.15, 0.2) is 42.6 Å². The summed E-state index contributed by atoms with van der Waals surface area (Å²) < 4.78 is 60.9. The average molecular weight is 634 g/mol. The summed E-state index contributed by atoms with van der Waals surface area (Å²) in [5.41, 5.74) is 1.96. The lowest BCUT2D eigenvalue weighted by molar-refractivity contribution is -0.137. The molecule has 0 radical (unpaired) electrons. The standard InChI is InChI=1S/C30H38F3N7O3S/c1-19-7-8-21(25(15-19)40(4)44(6)42)17-34-27-23(30(31,32)33)18-35-29(37-27)36-24-10-9-20(16-26(24)43-5)28(41)39(3)22-11-13-38(2)14-12-22/h7-10,15-16,18,22H,11-14,17H2,1-6H3,(H2,34,35,36,37). The Balaban J connectivity index is 1.57. The van der Waals surface area contributed by atoms with Crippen LogP contribution in [0.2, 0.25) is 0 Å². The highest BCUT2D eigenvalue weighted by Gasteiger charge is 2.35. The van der Waals surface area contributed by atoms with E-state index in [1.807, 2.05) is 19.1 Å². The summed E-state index contributed by atoms with van der Waals surface area (Å²) in [6.45, 7) is 3.70. The Kier molecular flexibility index (Phi) is 10.4. The molecule has 4 rings (SSSR count). The monoisotopic (exact) mass is 633 g/mol. The molecule has 2 heterocycles. The quantitative estimate of drug-likeness (QED) is 0.320. The van der Waals surface area contributed by atoms with E-state index in [4.69, 9.17) is 4.74 Å². The summed E-state index contributed by atoms with van der Waals surface area (Å²) in [5, 5.41) is 5.72. The van der Waals surface area contributed by atoms with Crippen LogP contribution in [-0.2, 0) is 23.7 Å². The van der Waals surface area contributed by atoms with Crippen molar-refractivity contribution in [2.24, 2.45) is 0 Å². The lowest BCUT2D eigenvalue weighted by Gasteiger charge is -2.35. The zero-order valence-corrected chi connectivity index (χ0v) is 26.5. The number of likely N-dealkylation sites (tertiary alicyclic amines) is 1. The minimum atomic E-state index is -4.71. The van der Waals surface area contributed by atoms with Crippen molar-refractivity contribution in [3.8, 4) is 5.75 Å². The number of hydrogen-bond acceptors (Lipinski definition) is 8. The number of aryl methyl sites for hydroxylation is 1. The molecule has 0 saturated carbocycles. The first-order chi connectivity index (χ1) is 20.8. The van der Waals surface area contributed by atoms with Gasteiger partial charge in [-0.05, 0) is 75.3 Å². The highest BCUT2D eigenvalue weighted by Crippen LogP contribution is 2.36. The van der Waals surface area contributed by atoms with Gasteiger partial charge in [0.15, 0.2) is 0 Å². The fourth-order valence-corrected chi connectivity index (χ4v) is 5.46. The molecule has 0 aliphatic carbocycles. The molecule has 3 aromatic rings. The lowest BCUT2D eigenvalue weighted by Crippen LogP contribution is -2.44. The van der Waals surface area contributed by atoms with Crippen LogP contribution in [0.25, 0.3) is 0 Å². The third-order valence-corrected chi connectivity index (χ3v) is 8.73. The van der Waals surface area contributed by atoms with E-state index in [1.165, 1.54) is 13.4 Å². The molecule has 1 amide bonds. The lowest BCUT2D eigenvalue weighted by atomic mass is 10.0. The minimum Gasteiger partial charge on any atom is -0.495 e. The number of anilines is 4. The molecule has 0 bridgehead atoms. The van der Waals surface area contributed by atoms with Crippen molar-refractivity contribution in [2.45, 2.75) is 38.5 Å². The summed E-state index contributed by atoms with van der Waals surface area (Å²) in [5.74, 6) is -0.357. The van der Waals surface area contributed by atoms with Crippen LogP contribution in [0.5, 0.6) is 5.75 Å². The first-order valence-corrected chi connectivity index (χ1v) is 15.6. The van der Waals surface area contributed by atoms with Crippen molar-refractivity contribution < 1.29 is 26.9 Å². The molecule has 1 saturated heterocycles. The first kappa shape index (κ1) is 33.0. The maximum atomic E-state index is 13.9. The van der Waals surface area contributed by atoms with Crippen LogP contribution in [0.3, 0.4) is 0 Å². The molecule has 1 unspecified atom stereocenters. The third-order valence-electron chi connectivity index (χ3n) is 7.76. The highest BCUT2D eigenvalue weighted by molar-refractivity contribution is 7.85. The van der Waals surface area contributed by atoms with Crippen molar-refractivity contribution in [3.05, 3.63) is 64.8 Å². The van der Waals surface area contributed by atoms with E-state index in [0.29, 0.717) is 34.4 Å². The third kappa shape index (κ3) is 7.78. The average Bonchev–Trinajstić information content (AvgIpc) is 2.99. The Hall–Kier alpha value is -3.91. The van der Waals surface area contributed by atoms with E-state index >= 15 is 0 Å². The molecule has 1 aliphatic heterocycles. The number of hydrogen-bond donors (Lipinski definition) is 2. The summed E-state index contributed by atoms with van der Waals surface area (Å²) in [6.07, 6.45) is -0.706. The largest absolute Gasteiger partial charge is 0.495 e. The fraction of sp³-hybridized carbons (Fsp3) is 0.433. The van der Waals surface area contributed by atoms with E-state index in [1.54, 1.807) is 47.6 Å². The van der Waals surface area contributed by atoms with Gasteiger partial charge >= 0.3 is 6.18 Å². The number of carbonyl (C=O) groups is 1. The number of aromatic nitrogens is 2. The van der Waals surface area contributed by atoms with Crippen LogP contribution in [0.4, 0.5) is 36.3 Å². The molecule has 1 aliphatic rings. The minimum absolute atomic E-state index is 0.0123. The number of carbonyl (C=O) groups excluding carboxylic acids is 1. The first-order valence-electron chi connectivity index (χ1n) is 14.0. The highest BCUT2D eigenvalue weighted by atomic mass is 32.2. The number of rotatable bonds is 10. The zero-order valence-electron chi connectivity index (χ0n) is 25.7. The van der Waals surface area contributed by atoms with E-state index in [9.17, 15) is 22.2 Å². The van der Waals surface area contributed by atoms with Crippen LogP contribution < -0.4 is 19.7 Å². The van der Waals surface area contributed by atoms with Gasteiger partial charge in [-0.1, -0.05) is 12.1 Å². The molecule has 14 heteroatoms. The number of benzene rings is 2.